The lowest BCUT2D eigenvalue weighted by Crippen LogP contribution is -2.46. The van der Waals surface area contributed by atoms with Crippen LogP contribution in [0.5, 0.6) is 0 Å². The number of imide groups is 1. The second kappa shape index (κ2) is 4.88. The van der Waals surface area contributed by atoms with Gasteiger partial charge in [0.1, 0.15) is 5.54 Å². The van der Waals surface area contributed by atoms with Crippen molar-refractivity contribution in [3.8, 4) is 6.07 Å². The lowest BCUT2D eigenvalue weighted by molar-refractivity contribution is -0.132. The predicted octanol–water partition coefficient (Wildman–Crippen LogP) is 1.93. The second-order valence-corrected chi connectivity index (χ2v) is 5.79. The Balaban J connectivity index is 2.00. The Hall–Kier alpha value is -2.35. The van der Waals surface area contributed by atoms with Gasteiger partial charge >= 0.3 is 6.03 Å². The summed E-state index contributed by atoms with van der Waals surface area (Å²) in [4.78, 5) is 26.2. The lowest BCUT2D eigenvalue weighted by Gasteiger charge is -2.33. The molecule has 1 aromatic rings. The van der Waals surface area contributed by atoms with Gasteiger partial charge in [-0.2, -0.15) is 5.26 Å². The van der Waals surface area contributed by atoms with Gasteiger partial charge in [-0.1, -0.05) is 24.3 Å². The molecule has 0 radical (unpaired) electrons. The number of carbonyl (C=O) groups is 2. The van der Waals surface area contributed by atoms with Crippen LogP contribution >= 0.6 is 0 Å². The van der Waals surface area contributed by atoms with E-state index in [1.54, 1.807) is 6.92 Å². The highest BCUT2D eigenvalue weighted by molar-refractivity contribution is 6.07. The molecule has 5 nitrogen and oxygen atoms in total. The molecule has 1 heterocycles. The van der Waals surface area contributed by atoms with Crippen LogP contribution < -0.4 is 5.32 Å². The van der Waals surface area contributed by atoms with Crippen LogP contribution in [0.4, 0.5) is 4.79 Å². The number of amides is 3. The molecule has 0 aromatic heterocycles. The van der Waals surface area contributed by atoms with Crippen molar-refractivity contribution in [2.75, 3.05) is 6.54 Å². The standard InChI is InChI=1S/C16H17N3O2/c1-11(9-17)10-19-14(20)16(18-15(19)21)8-4-6-12-5-2-3-7-13(12)16/h2-3,5,7,11H,4,6,8,10H2,1H3,(H,18,21)/t11-,16-/m0/s1. The maximum atomic E-state index is 12.8. The molecule has 0 bridgehead atoms. The molecule has 3 rings (SSSR count). The van der Waals surface area contributed by atoms with Crippen LogP contribution in [0.2, 0.25) is 0 Å². The van der Waals surface area contributed by atoms with E-state index in [9.17, 15) is 9.59 Å². The molecule has 1 aromatic carbocycles. The zero-order valence-corrected chi connectivity index (χ0v) is 11.9. The fraction of sp³-hybridized carbons (Fsp3) is 0.438. The Labute approximate surface area is 123 Å². The number of hydrogen-bond donors (Lipinski definition) is 1. The number of hydrogen-bond acceptors (Lipinski definition) is 3. The van der Waals surface area contributed by atoms with Crippen molar-refractivity contribution in [3.63, 3.8) is 0 Å². The Morgan fingerprint density at radius 2 is 2.19 bits per heavy atom. The average Bonchev–Trinajstić information content (AvgIpc) is 2.73. The normalized spacial score (nSPS) is 25.4. The first-order valence-electron chi connectivity index (χ1n) is 7.20. The van der Waals surface area contributed by atoms with E-state index in [0.29, 0.717) is 6.42 Å². The number of nitriles is 1. The number of nitrogens with one attached hydrogen (secondary N) is 1. The van der Waals surface area contributed by atoms with Crippen LogP contribution in [0.15, 0.2) is 24.3 Å². The van der Waals surface area contributed by atoms with Crippen molar-refractivity contribution in [2.45, 2.75) is 31.7 Å². The average molecular weight is 283 g/mol. The summed E-state index contributed by atoms with van der Waals surface area (Å²) >= 11 is 0. The van der Waals surface area contributed by atoms with Crippen LogP contribution in [-0.4, -0.2) is 23.4 Å². The van der Waals surface area contributed by atoms with Crippen molar-refractivity contribution in [2.24, 2.45) is 5.92 Å². The molecule has 1 aliphatic heterocycles. The van der Waals surface area contributed by atoms with Crippen LogP contribution in [0.25, 0.3) is 0 Å². The number of aryl methyl sites for hydroxylation is 1. The van der Waals surface area contributed by atoms with E-state index < -0.39 is 5.54 Å². The first-order chi connectivity index (χ1) is 10.1. The third-order valence-electron chi connectivity index (χ3n) is 4.33. The van der Waals surface area contributed by atoms with Crippen LogP contribution in [0, 0.1) is 17.2 Å². The lowest BCUT2D eigenvalue weighted by atomic mass is 9.76. The van der Waals surface area contributed by atoms with Gasteiger partial charge in [-0.05, 0) is 37.3 Å². The Morgan fingerprint density at radius 1 is 1.43 bits per heavy atom. The maximum Gasteiger partial charge on any atom is 0.325 e. The largest absolute Gasteiger partial charge is 0.325 e. The van der Waals surface area contributed by atoms with Gasteiger partial charge in [-0.25, -0.2) is 4.79 Å². The number of carbonyl (C=O) groups excluding carboxylic acids is 2. The highest BCUT2D eigenvalue weighted by Gasteiger charge is 2.53. The summed E-state index contributed by atoms with van der Waals surface area (Å²) in [7, 11) is 0. The molecule has 5 heteroatoms. The zero-order chi connectivity index (χ0) is 15.0. The molecule has 1 aliphatic carbocycles. The van der Waals surface area contributed by atoms with Crippen molar-refractivity contribution in [1.82, 2.24) is 10.2 Å². The third-order valence-corrected chi connectivity index (χ3v) is 4.33. The molecule has 3 amide bonds. The molecule has 108 valence electrons. The molecule has 1 N–H and O–H groups in total. The first-order valence-corrected chi connectivity index (χ1v) is 7.20. The Kier molecular flexibility index (Phi) is 3.17. The summed E-state index contributed by atoms with van der Waals surface area (Å²) in [5, 5.41) is 11.8. The molecule has 1 spiro atoms. The molecular formula is C16H17N3O2. The van der Waals surface area contributed by atoms with E-state index in [-0.39, 0.29) is 24.4 Å². The molecule has 1 saturated heterocycles. The minimum Gasteiger partial charge on any atom is -0.319 e. The summed E-state index contributed by atoms with van der Waals surface area (Å²) in [6, 6.07) is 9.46. The SMILES string of the molecule is C[C@@H](C#N)CN1C(=O)N[C@]2(CCCc3ccccc32)C1=O. The van der Waals surface area contributed by atoms with Crippen LogP contribution in [0.3, 0.4) is 0 Å². The Morgan fingerprint density at radius 3 is 2.95 bits per heavy atom. The minimum absolute atomic E-state index is 0.144. The van der Waals surface area contributed by atoms with Crippen LogP contribution in [-0.2, 0) is 16.8 Å². The number of urea groups is 1. The number of benzene rings is 1. The summed E-state index contributed by atoms with van der Waals surface area (Å²) in [5.41, 5.74) is 1.09. The highest BCUT2D eigenvalue weighted by atomic mass is 16.2. The van der Waals surface area contributed by atoms with Crippen molar-refractivity contribution in [1.29, 1.82) is 5.26 Å². The molecular weight excluding hydrogens is 266 g/mol. The fourth-order valence-corrected chi connectivity index (χ4v) is 3.29. The zero-order valence-electron chi connectivity index (χ0n) is 11.9. The topological polar surface area (TPSA) is 73.2 Å². The van der Waals surface area contributed by atoms with E-state index in [1.165, 1.54) is 4.90 Å². The number of fused-ring (bicyclic) bond motifs is 2. The van der Waals surface area contributed by atoms with Gasteiger partial charge in [0.15, 0.2) is 0 Å². The van der Waals surface area contributed by atoms with Gasteiger partial charge in [0.2, 0.25) is 0 Å². The highest BCUT2D eigenvalue weighted by Crippen LogP contribution is 2.39. The minimum atomic E-state index is -0.929. The van der Waals surface area contributed by atoms with Crippen molar-refractivity contribution in [3.05, 3.63) is 35.4 Å². The van der Waals surface area contributed by atoms with E-state index in [2.05, 4.69) is 11.4 Å². The first kappa shape index (κ1) is 13.6. The molecule has 21 heavy (non-hydrogen) atoms. The Bertz CT molecular complexity index is 649. The third kappa shape index (κ3) is 1.99. The molecule has 0 unspecified atom stereocenters. The second-order valence-electron chi connectivity index (χ2n) is 5.79. The molecule has 1 fully saturated rings. The van der Waals surface area contributed by atoms with Gasteiger partial charge in [-0.15, -0.1) is 0 Å². The molecule has 0 saturated carbocycles. The summed E-state index contributed by atoms with van der Waals surface area (Å²) < 4.78 is 0. The van der Waals surface area contributed by atoms with Crippen molar-refractivity contribution >= 4 is 11.9 Å². The van der Waals surface area contributed by atoms with Gasteiger partial charge in [-0.3, -0.25) is 9.69 Å². The van der Waals surface area contributed by atoms with E-state index in [4.69, 9.17) is 5.26 Å². The summed E-state index contributed by atoms with van der Waals surface area (Å²) in [6.45, 7) is 1.85. The predicted molar refractivity (Wildman–Crippen MR) is 76.1 cm³/mol. The molecule has 2 atom stereocenters. The van der Waals surface area contributed by atoms with Gasteiger partial charge in [0.05, 0.1) is 12.0 Å². The van der Waals surface area contributed by atoms with E-state index in [0.717, 1.165) is 24.0 Å². The van der Waals surface area contributed by atoms with Gasteiger partial charge in [0, 0.05) is 6.54 Å². The monoisotopic (exact) mass is 283 g/mol. The summed E-state index contributed by atoms with van der Waals surface area (Å²) in [5.74, 6) is -0.588. The smallest absolute Gasteiger partial charge is 0.319 e. The quantitative estimate of drug-likeness (QED) is 0.843. The molecule has 2 aliphatic rings. The maximum absolute atomic E-state index is 12.8. The van der Waals surface area contributed by atoms with E-state index >= 15 is 0 Å². The van der Waals surface area contributed by atoms with Crippen molar-refractivity contribution < 1.29 is 9.59 Å². The fourth-order valence-electron chi connectivity index (χ4n) is 3.29. The van der Waals surface area contributed by atoms with Crippen LogP contribution in [0.1, 0.15) is 30.9 Å². The van der Waals surface area contributed by atoms with Gasteiger partial charge in [0.25, 0.3) is 5.91 Å². The number of nitrogens with zero attached hydrogens (tertiary/aromatic N) is 2. The summed E-state index contributed by atoms with van der Waals surface area (Å²) in [6.07, 6.45) is 2.41. The van der Waals surface area contributed by atoms with E-state index in [1.807, 2.05) is 24.3 Å². The van der Waals surface area contributed by atoms with Gasteiger partial charge < -0.3 is 5.32 Å². The number of rotatable bonds is 2.